The summed E-state index contributed by atoms with van der Waals surface area (Å²) >= 11 is 2.19. The Morgan fingerprint density at radius 2 is 1.74 bits per heavy atom. The summed E-state index contributed by atoms with van der Waals surface area (Å²) in [7, 11) is 1.25. The molecule has 14 heteroatoms. The number of ether oxygens (including phenoxy) is 1. The van der Waals surface area contributed by atoms with Gasteiger partial charge in [0.05, 0.1) is 0 Å². The fourth-order valence-corrected chi connectivity index (χ4v) is 6.36. The molecular formula is C28H23N5O7S2. The number of aromatic nitrogens is 1. The Hall–Kier alpha value is -4.82. The number of β-lactam (4-membered cyclic amide) rings is 1. The van der Waals surface area contributed by atoms with Gasteiger partial charge in [-0.1, -0.05) is 65.8 Å². The number of hydrogen-bond donors (Lipinski definition) is 2. The third-order valence-corrected chi connectivity index (χ3v) is 8.39. The van der Waals surface area contributed by atoms with Crippen LogP contribution in [0.5, 0.6) is 0 Å². The zero-order chi connectivity index (χ0) is 29.6. The summed E-state index contributed by atoms with van der Waals surface area (Å²) in [6.45, 7) is 0. The average molecular weight is 606 g/mol. The molecule has 1 aromatic heterocycles. The van der Waals surface area contributed by atoms with Gasteiger partial charge in [0.15, 0.2) is 23.0 Å². The van der Waals surface area contributed by atoms with Gasteiger partial charge in [-0.15, -0.1) is 23.1 Å². The summed E-state index contributed by atoms with van der Waals surface area (Å²) in [5.74, 6) is -2.12. The number of thiazole rings is 1. The van der Waals surface area contributed by atoms with E-state index in [-0.39, 0.29) is 22.1 Å². The molecule has 2 unspecified atom stereocenters. The molecular weight excluding hydrogens is 582 g/mol. The van der Waals surface area contributed by atoms with Crippen molar-refractivity contribution < 1.29 is 33.5 Å². The fourth-order valence-electron chi connectivity index (χ4n) is 4.52. The summed E-state index contributed by atoms with van der Waals surface area (Å²) in [5, 5.41) is 11.3. The molecule has 214 valence electrons. The number of nitrogens with one attached hydrogen (secondary N) is 2. The number of rotatable bonds is 11. The molecule has 0 bridgehead atoms. The Balaban J connectivity index is 1.35. The third-order valence-electron chi connectivity index (χ3n) is 6.43. The van der Waals surface area contributed by atoms with Crippen LogP contribution in [0.25, 0.3) is 0 Å². The first-order valence-corrected chi connectivity index (χ1v) is 14.3. The Kier molecular flexibility index (Phi) is 8.74. The molecule has 3 amide bonds. The molecule has 42 heavy (non-hydrogen) atoms. The summed E-state index contributed by atoms with van der Waals surface area (Å²) in [6, 6.07) is 15.9. The van der Waals surface area contributed by atoms with Crippen LogP contribution >= 0.6 is 23.1 Å². The predicted molar refractivity (Wildman–Crippen MR) is 154 cm³/mol. The van der Waals surface area contributed by atoms with Gasteiger partial charge in [-0.05, 0) is 16.5 Å². The topological polar surface area (TPSA) is 156 Å². The summed E-state index contributed by atoms with van der Waals surface area (Å²) < 4.78 is 5.96. The number of oxime groups is 1. The van der Waals surface area contributed by atoms with E-state index < -0.39 is 41.3 Å². The first kappa shape index (κ1) is 28.7. The van der Waals surface area contributed by atoms with Gasteiger partial charge in [-0.3, -0.25) is 19.2 Å². The van der Waals surface area contributed by atoms with Crippen LogP contribution in [0.3, 0.4) is 0 Å². The number of thioether (sulfide) groups is 1. The van der Waals surface area contributed by atoms with E-state index in [2.05, 4.69) is 20.8 Å². The predicted octanol–water partition coefficient (Wildman–Crippen LogP) is 2.25. The number of nitrogens with zero attached hydrogens (tertiary/aromatic N) is 3. The van der Waals surface area contributed by atoms with Crippen LogP contribution in [0.2, 0.25) is 0 Å². The van der Waals surface area contributed by atoms with E-state index >= 15 is 0 Å². The summed E-state index contributed by atoms with van der Waals surface area (Å²) in [6.07, 6.45) is 0.185. The number of anilines is 1. The van der Waals surface area contributed by atoms with Crippen molar-refractivity contribution in [2.45, 2.75) is 23.6 Å². The number of benzene rings is 2. The molecule has 1 saturated heterocycles. The zero-order valence-corrected chi connectivity index (χ0v) is 23.5. The van der Waals surface area contributed by atoms with Crippen LogP contribution in [0.15, 0.2) is 82.2 Å². The lowest BCUT2D eigenvalue weighted by atomic mass is 9.97. The molecule has 0 spiro atoms. The highest BCUT2D eigenvalue weighted by Gasteiger charge is 2.56. The maximum atomic E-state index is 13.6. The van der Waals surface area contributed by atoms with E-state index in [1.807, 2.05) is 60.7 Å². The molecule has 2 aliphatic rings. The van der Waals surface area contributed by atoms with Crippen molar-refractivity contribution in [2.75, 3.05) is 12.4 Å². The van der Waals surface area contributed by atoms with Crippen molar-refractivity contribution in [1.82, 2.24) is 15.2 Å². The maximum absolute atomic E-state index is 13.6. The van der Waals surface area contributed by atoms with Crippen LogP contribution in [0.1, 0.15) is 22.9 Å². The van der Waals surface area contributed by atoms with Crippen LogP contribution in [0, 0.1) is 0 Å². The first-order chi connectivity index (χ1) is 20.5. The van der Waals surface area contributed by atoms with Gasteiger partial charge in [-0.2, -0.15) is 0 Å². The zero-order valence-electron chi connectivity index (χ0n) is 21.9. The third kappa shape index (κ3) is 5.66. The normalized spacial score (nSPS) is 19.6. The standard InChI is InChI=1S/C28H23N5O7S2/c1-39-32-20(19-14-42-28(30-19)29-15-35)24(36)31-21-25(37)33-22(18(12-34)13-41-26(21)33)27(38)40-23(16-8-4-2-5-9-16)17-10-6-3-7-11-17/h2-15,21-23,26H,1H3,(H,31,36)(H,29,30,35)/t21?,22?,26-/m1/s1. The van der Waals surface area contributed by atoms with E-state index in [1.165, 1.54) is 22.8 Å². The minimum Gasteiger partial charge on any atom is -0.451 e. The van der Waals surface area contributed by atoms with E-state index in [4.69, 9.17) is 9.57 Å². The lowest BCUT2D eigenvalue weighted by Crippen LogP contribution is -2.74. The van der Waals surface area contributed by atoms with Gasteiger partial charge >= 0.3 is 5.97 Å². The highest BCUT2D eigenvalue weighted by molar-refractivity contribution is 8.03. The van der Waals surface area contributed by atoms with Crippen molar-refractivity contribution in [3.63, 3.8) is 0 Å². The number of amides is 3. The minimum atomic E-state index is -1.30. The van der Waals surface area contributed by atoms with E-state index in [0.717, 1.165) is 23.1 Å². The molecule has 0 radical (unpaired) electrons. The molecule has 2 aromatic carbocycles. The molecule has 5 rings (SSSR count). The van der Waals surface area contributed by atoms with Crippen LogP contribution in [-0.2, 0) is 33.5 Å². The maximum Gasteiger partial charge on any atom is 0.334 e. The molecule has 3 atom stereocenters. The number of esters is 1. The molecule has 3 aromatic rings. The second kappa shape index (κ2) is 12.8. The molecule has 12 nitrogen and oxygen atoms in total. The van der Waals surface area contributed by atoms with E-state index in [1.54, 1.807) is 0 Å². The minimum absolute atomic E-state index is 0.0681. The first-order valence-electron chi connectivity index (χ1n) is 12.5. The largest absolute Gasteiger partial charge is 0.451 e. The average Bonchev–Trinajstić information content (AvgIpc) is 3.49. The molecule has 0 aliphatic carbocycles. The lowest BCUT2D eigenvalue weighted by molar-refractivity contribution is -0.165. The highest BCUT2D eigenvalue weighted by atomic mass is 32.2. The SMILES string of the molecule is CON=C(C(=O)NC1C(=O)N2C(C(=O)OC(c3ccccc3)c3ccccc3)C(C=O)=CS[C@H]12)c1csc(NC=O)n1. The van der Waals surface area contributed by atoms with E-state index in [0.29, 0.717) is 23.8 Å². The number of fused-ring (bicyclic) bond motifs is 1. The molecule has 2 N–H and O–H groups in total. The number of carbonyl (C=O) groups is 5. The van der Waals surface area contributed by atoms with Gasteiger partial charge in [-0.25, -0.2) is 9.78 Å². The fraction of sp³-hybridized carbons (Fsp3) is 0.179. The molecule has 0 saturated carbocycles. The van der Waals surface area contributed by atoms with Gasteiger partial charge in [0.25, 0.3) is 5.91 Å². The molecule has 3 heterocycles. The Morgan fingerprint density at radius 3 is 2.33 bits per heavy atom. The molecule has 2 aliphatic heterocycles. The van der Waals surface area contributed by atoms with Crippen molar-refractivity contribution in [3.05, 3.63) is 93.8 Å². The Labute approximate surface area is 247 Å². The number of hydrogen-bond acceptors (Lipinski definition) is 11. The second-order valence-electron chi connectivity index (χ2n) is 8.92. The van der Waals surface area contributed by atoms with Gasteiger partial charge in [0.1, 0.15) is 30.5 Å². The summed E-state index contributed by atoms with van der Waals surface area (Å²) in [4.78, 5) is 72.9. The Morgan fingerprint density at radius 1 is 1.07 bits per heavy atom. The van der Waals surface area contributed by atoms with Crippen molar-refractivity contribution >= 4 is 64.4 Å². The van der Waals surface area contributed by atoms with Crippen molar-refractivity contribution in [3.8, 4) is 0 Å². The van der Waals surface area contributed by atoms with Crippen LogP contribution < -0.4 is 10.6 Å². The van der Waals surface area contributed by atoms with Crippen molar-refractivity contribution in [2.24, 2.45) is 5.16 Å². The summed E-state index contributed by atoms with van der Waals surface area (Å²) in [5.41, 5.74) is 1.41. The lowest BCUT2D eigenvalue weighted by Gasteiger charge is -2.51. The van der Waals surface area contributed by atoms with Gasteiger partial charge < -0.3 is 25.1 Å². The van der Waals surface area contributed by atoms with Crippen LogP contribution in [-0.4, -0.2) is 70.6 Å². The molecule has 1 fully saturated rings. The van der Waals surface area contributed by atoms with Crippen LogP contribution in [0.4, 0.5) is 5.13 Å². The number of carbonyl (C=O) groups excluding carboxylic acids is 5. The van der Waals surface area contributed by atoms with Gasteiger partial charge in [0.2, 0.25) is 12.3 Å². The second-order valence-corrected chi connectivity index (χ2v) is 10.8. The smallest absolute Gasteiger partial charge is 0.334 e. The highest BCUT2D eigenvalue weighted by Crippen LogP contribution is 2.40. The Bertz CT molecular complexity index is 1520. The van der Waals surface area contributed by atoms with Gasteiger partial charge in [0, 0.05) is 11.0 Å². The quantitative estimate of drug-likeness (QED) is 0.110. The monoisotopic (exact) mass is 605 g/mol. The number of aldehydes is 1. The van der Waals surface area contributed by atoms with Crippen molar-refractivity contribution in [1.29, 1.82) is 0 Å². The van der Waals surface area contributed by atoms with E-state index in [9.17, 15) is 24.0 Å².